The van der Waals surface area contributed by atoms with E-state index in [9.17, 15) is 13.2 Å². The van der Waals surface area contributed by atoms with Gasteiger partial charge in [0.05, 0.1) is 18.4 Å². The first-order valence-corrected chi connectivity index (χ1v) is 8.91. The molecule has 0 unspecified atom stereocenters. The van der Waals surface area contributed by atoms with E-state index in [2.05, 4.69) is 14.4 Å². The molecule has 1 aromatic rings. The molecule has 22 heavy (non-hydrogen) atoms. The molecule has 1 fully saturated rings. The van der Waals surface area contributed by atoms with Crippen molar-refractivity contribution in [2.45, 2.75) is 24.6 Å². The van der Waals surface area contributed by atoms with Crippen LogP contribution in [0, 0.1) is 0 Å². The Labute approximate surface area is 131 Å². The molecular weight excluding hydrogens is 304 g/mol. The molecule has 0 saturated heterocycles. The maximum absolute atomic E-state index is 12.0. The lowest BCUT2D eigenvalue weighted by Crippen LogP contribution is -2.34. The summed E-state index contributed by atoms with van der Waals surface area (Å²) in [5.41, 5.74) is 1.04. The van der Waals surface area contributed by atoms with Crippen molar-refractivity contribution < 1.29 is 17.9 Å². The lowest BCUT2D eigenvalue weighted by molar-refractivity contribution is 0.0600. The Morgan fingerprint density at radius 1 is 1.32 bits per heavy atom. The van der Waals surface area contributed by atoms with Gasteiger partial charge in [-0.1, -0.05) is 12.1 Å². The molecule has 1 aliphatic carbocycles. The van der Waals surface area contributed by atoms with Gasteiger partial charge in [0, 0.05) is 19.1 Å². The van der Waals surface area contributed by atoms with Crippen LogP contribution in [0.5, 0.6) is 0 Å². The van der Waals surface area contributed by atoms with Gasteiger partial charge in [0.2, 0.25) is 10.0 Å². The number of sulfonamides is 1. The molecule has 0 amide bonds. The summed E-state index contributed by atoms with van der Waals surface area (Å²) >= 11 is 0. The summed E-state index contributed by atoms with van der Waals surface area (Å²) < 4.78 is 31.3. The molecular formula is C15H22N2O4S. The summed E-state index contributed by atoms with van der Waals surface area (Å²) in [6.07, 6.45) is 2.41. The molecule has 0 radical (unpaired) electrons. The highest BCUT2D eigenvalue weighted by atomic mass is 32.2. The molecule has 1 aromatic carbocycles. The van der Waals surface area contributed by atoms with Crippen LogP contribution in [-0.2, 0) is 20.5 Å². The van der Waals surface area contributed by atoms with E-state index in [1.54, 1.807) is 24.3 Å². The third-order valence-electron chi connectivity index (χ3n) is 3.69. The van der Waals surface area contributed by atoms with Gasteiger partial charge in [0.15, 0.2) is 0 Å². The molecule has 1 aliphatic rings. The van der Waals surface area contributed by atoms with Gasteiger partial charge in [-0.05, 0) is 37.6 Å². The Bertz CT molecular complexity index is 609. The molecule has 0 atom stereocenters. The first-order valence-electron chi connectivity index (χ1n) is 7.26. The Balaban J connectivity index is 1.83. The van der Waals surface area contributed by atoms with Crippen molar-refractivity contribution in [3.8, 4) is 0 Å². The van der Waals surface area contributed by atoms with Gasteiger partial charge in [-0.25, -0.2) is 17.9 Å². The van der Waals surface area contributed by atoms with Gasteiger partial charge in [0.1, 0.15) is 0 Å². The Kier molecular flexibility index (Phi) is 5.55. The van der Waals surface area contributed by atoms with Crippen LogP contribution in [0.15, 0.2) is 24.3 Å². The van der Waals surface area contributed by atoms with Crippen molar-refractivity contribution in [1.29, 1.82) is 0 Å². The molecule has 0 spiro atoms. The van der Waals surface area contributed by atoms with Crippen LogP contribution in [0.4, 0.5) is 0 Å². The number of ether oxygens (including phenoxy) is 1. The van der Waals surface area contributed by atoms with Crippen molar-refractivity contribution in [3.63, 3.8) is 0 Å². The molecule has 2 rings (SSSR count). The summed E-state index contributed by atoms with van der Waals surface area (Å²) in [6, 6.07) is 7.01. The van der Waals surface area contributed by atoms with Crippen molar-refractivity contribution in [2.24, 2.45) is 0 Å². The van der Waals surface area contributed by atoms with Gasteiger partial charge < -0.3 is 9.64 Å². The minimum Gasteiger partial charge on any atom is -0.465 e. The van der Waals surface area contributed by atoms with E-state index in [4.69, 9.17) is 0 Å². The quantitative estimate of drug-likeness (QED) is 0.721. The van der Waals surface area contributed by atoms with E-state index in [1.165, 1.54) is 20.0 Å². The molecule has 6 nitrogen and oxygen atoms in total. The summed E-state index contributed by atoms with van der Waals surface area (Å²) in [5.74, 6) is -0.530. The van der Waals surface area contributed by atoms with Crippen LogP contribution >= 0.6 is 0 Å². The van der Waals surface area contributed by atoms with Gasteiger partial charge in [0.25, 0.3) is 0 Å². The van der Waals surface area contributed by atoms with E-state index in [0.717, 1.165) is 0 Å². The average molecular weight is 326 g/mol. The SMILES string of the molecule is COC(=O)c1ccc(CS(=O)(=O)NCCN(C)C2CC2)cc1. The summed E-state index contributed by atoms with van der Waals surface area (Å²) in [5, 5.41) is 0. The zero-order chi connectivity index (χ0) is 16.2. The van der Waals surface area contributed by atoms with Gasteiger partial charge in [-0.3, -0.25) is 0 Å². The fraction of sp³-hybridized carbons (Fsp3) is 0.533. The molecule has 0 aromatic heterocycles. The Hall–Kier alpha value is -1.44. The van der Waals surface area contributed by atoms with E-state index in [0.29, 0.717) is 30.3 Å². The highest BCUT2D eigenvalue weighted by Crippen LogP contribution is 2.24. The third-order valence-corrected chi connectivity index (χ3v) is 5.05. The van der Waals surface area contributed by atoms with Gasteiger partial charge in [-0.15, -0.1) is 0 Å². The van der Waals surface area contributed by atoms with E-state index in [1.807, 2.05) is 7.05 Å². The minimum atomic E-state index is -3.37. The van der Waals surface area contributed by atoms with Crippen LogP contribution in [0.25, 0.3) is 0 Å². The van der Waals surface area contributed by atoms with Crippen molar-refractivity contribution >= 4 is 16.0 Å². The molecule has 7 heteroatoms. The second-order valence-electron chi connectivity index (χ2n) is 5.55. The largest absolute Gasteiger partial charge is 0.465 e. The molecule has 122 valence electrons. The molecule has 1 N–H and O–H groups in total. The highest BCUT2D eigenvalue weighted by molar-refractivity contribution is 7.88. The smallest absolute Gasteiger partial charge is 0.337 e. The number of nitrogens with one attached hydrogen (secondary N) is 1. The lowest BCUT2D eigenvalue weighted by atomic mass is 10.1. The zero-order valence-corrected chi connectivity index (χ0v) is 13.7. The van der Waals surface area contributed by atoms with Crippen LogP contribution in [-0.4, -0.2) is 52.6 Å². The number of carbonyl (C=O) groups excluding carboxylic acids is 1. The fourth-order valence-corrected chi connectivity index (χ4v) is 3.34. The molecule has 1 saturated carbocycles. The molecule has 0 heterocycles. The number of rotatable bonds is 8. The second-order valence-corrected chi connectivity index (χ2v) is 7.36. The summed E-state index contributed by atoms with van der Waals surface area (Å²) in [6.45, 7) is 1.13. The van der Waals surface area contributed by atoms with Gasteiger partial charge >= 0.3 is 5.97 Å². The predicted octanol–water partition coefficient (Wildman–Crippen LogP) is 0.987. The first-order chi connectivity index (χ1) is 10.4. The average Bonchev–Trinajstić information content (AvgIpc) is 3.31. The van der Waals surface area contributed by atoms with Crippen LogP contribution in [0.2, 0.25) is 0 Å². The number of carbonyl (C=O) groups is 1. The number of hydrogen-bond acceptors (Lipinski definition) is 5. The summed E-state index contributed by atoms with van der Waals surface area (Å²) in [7, 11) is -0.0469. The maximum atomic E-state index is 12.0. The van der Waals surface area contributed by atoms with Crippen LogP contribution in [0.3, 0.4) is 0 Å². The number of benzene rings is 1. The fourth-order valence-electron chi connectivity index (χ4n) is 2.20. The van der Waals surface area contributed by atoms with E-state index >= 15 is 0 Å². The Morgan fingerprint density at radius 2 is 1.95 bits per heavy atom. The third kappa shape index (κ3) is 5.08. The van der Waals surface area contributed by atoms with Gasteiger partial charge in [-0.2, -0.15) is 0 Å². The van der Waals surface area contributed by atoms with Crippen LogP contribution in [0.1, 0.15) is 28.8 Å². The van der Waals surface area contributed by atoms with E-state index < -0.39 is 16.0 Å². The minimum absolute atomic E-state index is 0.0956. The number of hydrogen-bond donors (Lipinski definition) is 1. The lowest BCUT2D eigenvalue weighted by Gasteiger charge is -2.15. The maximum Gasteiger partial charge on any atom is 0.337 e. The first kappa shape index (κ1) is 16.9. The molecule has 0 bridgehead atoms. The predicted molar refractivity (Wildman–Crippen MR) is 84.1 cm³/mol. The monoisotopic (exact) mass is 326 g/mol. The van der Waals surface area contributed by atoms with Crippen molar-refractivity contribution in [3.05, 3.63) is 35.4 Å². The highest BCUT2D eigenvalue weighted by Gasteiger charge is 2.25. The van der Waals surface area contributed by atoms with Crippen molar-refractivity contribution in [1.82, 2.24) is 9.62 Å². The normalized spacial score (nSPS) is 15.0. The summed E-state index contributed by atoms with van der Waals surface area (Å²) in [4.78, 5) is 13.5. The second kappa shape index (κ2) is 7.21. The van der Waals surface area contributed by atoms with E-state index in [-0.39, 0.29) is 5.75 Å². The zero-order valence-electron chi connectivity index (χ0n) is 12.9. The number of likely N-dealkylation sites (N-methyl/N-ethyl adjacent to an activating group) is 1. The number of esters is 1. The molecule has 0 aliphatic heterocycles. The number of nitrogens with zero attached hydrogens (tertiary/aromatic N) is 1. The number of methoxy groups -OCH3 is 1. The standard InChI is InChI=1S/C15H22N2O4S/c1-17(14-7-8-14)10-9-16-22(19,20)11-12-3-5-13(6-4-12)15(18)21-2/h3-6,14,16H,7-11H2,1-2H3. The topological polar surface area (TPSA) is 75.7 Å². The van der Waals surface area contributed by atoms with Crippen LogP contribution < -0.4 is 4.72 Å². The van der Waals surface area contributed by atoms with Crippen molar-refractivity contribution in [2.75, 3.05) is 27.2 Å². The Morgan fingerprint density at radius 3 is 2.50 bits per heavy atom.